The first kappa shape index (κ1) is 17.0. The molecule has 0 spiro atoms. The van der Waals surface area contributed by atoms with E-state index in [-0.39, 0.29) is 11.6 Å². The maximum Gasteiger partial charge on any atom is 0.271 e. The molecule has 0 fully saturated rings. The van der Waals surface area contributed by atoms with Crippen molar-refractivity contribution in [2.24, 2.45) is 0 Å². The highest BCUT2D eigenvalue weighted by Crippen LogP contribution is 2.27. The average molecular weight is 321 g/mol. The number of rotatable bonds is 7. The highest BCUT2D eigenvalue weighted by molar-refractivity contribution is 5.93. The molecule has 0 bridgehead atoms. The highest BCUT2D eigenvalue weighted by atomic mass is 19.1. The number of hydrogen-bond acceptors (Lipinski definition) is 4. The van der Waals surface area contributed by atoms with Gasteiger partial charge in [-0.3, -0.25) is 9.48 Å². The molecule has 2 aromatic rings. The van der Waals surface area contributed by atoms with Crippen molar-refractivity contribution in [3.8, 4) is 17.0 Å². The molecule has 1 heterocycles. The van der Waals surface area contributed by atoms with Crippen molar-refractivity contribution in [1.82, 2.24) is 15.1 Å². The van der Waals surface area contributed by atoms with Crippen molar-refractivity contribution in [3.05, 3.63) is 35.8 Å². The topological polar surface area (TPSA) is 65.4 Å². The fraction of sp³-hybridized carbons (Fsp3) is 0.375. The Morgan fingerprint density at radius 1 is 1.35 bits per heavy atom. The van der Waals surface area contributed by atoms with Gasteiger partial charge in [0.25, 0.3) is 5.91 Å². The number of hydrogen-bond donors (Lipinski definition) is 1. The number of benzene rings is 1. The van der Waals surface area contributed by atoms with Crippen LogP contribution in [-0.2, 0) is 11.3 Å². The van der Waals surface area contributed by atoms with E-state index in [2.05, 4.69) is 10.4 Å². The molecule has 0 aliphatic heterocycles. The molecule has 0 saturated heterocycles. The SMILES string of the molecule is CCn1nc(C(=O)NCCOC)cc1-c1ccc(OC)cc1F. The van der Waals surface area contributed by atoms with Crippen LogP contribution in [0.1, 0.15) is 17.4 Å². The maximum atomic E-state index is 14.3. The molecule has 1 amide bonds. The lowest BCUT2D eigenvalue weighted by atomic mass is 10.1. The fourth-order valence-corrected chi connectivity index (χ4v) is 2.17. The van der Waals surface area contributed by atoms with E-state index in [0.717, 1.165) is 0 Å². The predicted molar refractivity (Wildman–Crippen MR) is 84.1 cm³/mol. The van der Waals surface area contributed by atoms with Gasteiger partial charge in [0.2, 0.25) is 0 Å². The van der Waals surface area contributed by atoms with Crippen LogP contribution >= 0.6 is 0 Å². The van der Waals surface area contributed by atoms with E-state index in [9.17, 15) is 9.18 Å². The summed E-state index contributed by atoms with van der Waals surface area (Å²) in [5.74, 6) is -0.305. The van der Waals surface area contributed by atoms with Crippen molar-refractivity contribution < 1.29 is 18.7 Å². The summed E-state index contributed by atoms with van der Waals surface area (Å²) in [7, 11) is 3.04. The van der Waals surface area contributed by atoms with Crippen molar-refractivity contribution >= 4 is 5.91 Å². The van der Waals surface area contributed by atoms with Crippen LogP contribution in [0.4, 0.5) is 4.39 Å². The van der Waals surface area contributed by atoms with Crippen LogP contribution in [-0.4, -0.2) is 43.1 Å². The van der Waals surface area contributed by atoms with Crippen LogP contribution in [0.25, 0.3) is 11.3 Å². The molecule has 2 rings (SSSR count). The third-order valence-electron chi connectivity index (χ3n) is 3.36. The summed E-state index contributed by atoms with van der Waals surface area (Å²) >= 11 is 0. The van der Waals surface area contributed by atoms with Gasteiger partial charge in [0.15, 0.2) is 5.69 Å². The van der Waals surface area contributed by atoms with E-state index in [1.54, 1.807) is 30.0 Å². The maximum absolute atomic E-state index is 14.3. The standard InChI is InChI=1S/C16H20FN3O3/c1-4-20-15(12-6-5-11(23-3)9-13(12)17)10-14(19-20)16(21)18-7-8-22-2/h5-6,9-10H,4,7-8H2,1-3H3,(H,18,21). The number of aryl methyl sites for hydroxylation is 1. The Labute approximate surface area is 134 Å². The minimum Gasteiger partial charge on any atom is -0.497 e. The number of amides is 1. The molecule has 1 aromatic heterocycles. The number of methoxy groups -OCH3 is 2. The fourth-order valence-electron chi connectivity index (χ4n) is 2.17. The second kappa shape index (κ2) is 7.73. The summed E-state index contributed by atoms with van der Waals surface area (Å²) in [5, 5.41) is 6.93. The van der Waals surface area contributed by atoms with Gasteiger partial charge in [0, 0.05) is 31.8 Å². The molecule has 6 nitrogen and oxygen atoms in total. The molecule has 23 heavy (non-hydrogen) atoms. The molecule has 0 aliphatic carbocycles. The molecular weight excluding hydrogens is 301 g/mol. The predicted octanol–water partition coefficient (Wildman–Crippen LogP) is 2.09. The van der Waals surface area contributed by atoms with E-state index in [1.165, 1.54) is 13.2 Å². The first-order chi connectivity index (χ1) is 11.1. The van der Waals surface area contributed by atoms with Gasteiger partial charge in [-0.15, -0.1) is 0 Å². The zero-order valence-corrected chi connectivity index (χ0v) is 13.4. The second-order valence-corrected chi connectivity index (χ2v) is 4.83. The number of halogens is 1. The number of aromatic nitrogens is 2. The monoisotopic (exact) mass is 321 g/mol. The van der Waals surface area contributed by atoms with Gasteiger partial charge in [0.05, 0.1) is 19.4 Å². The summed E-state index contributed by atoms with van der Waals surface area (Å²) in [6.45, 7) is 3.21. The Morgan fingerprint density at radius 3 is 2.74 bits per heavy atom. The number of ether oxygens (including phenoxy) is 2. The molecule has 1 aromatic carbocycles. The number of nitrogens with one attached hydrogen (secondary N) is 1. The zero-order valence-electron chi connectivity index (χ0n) is 13.4. The van der Waals surface area contributed by atoms with Crippen molar-refractivity contribution in [2.45, 2.75) is 13.5 Å². The van der Waals surface area contributed by atoms with Gasteiger partial charge >= 0.3 is 0 Å². The molecule has 0 unspecified atom stereocenters. The van der Waals surface area contributed by atoms with Crippen LogP contribution in [0.15, 0.2) is 24.3 Å². The number of carbonyl (C=O) groups is 1. The van der Waals surface area contributed by atoms with Crippen molar-refractivity contribution in [1.29, 1.82) is 0 Å². The van der Waals surface area contributed by atoms with Crippen LogP contribution in [0.5, 0.6) is 5.75 Å². The Morgan fingerprint density at radius 2 is 2.13 bits per heavy atom. The zero-order chi connectivity index (χ0) is 16.8. The lowest BCUT2D eigenvalue weighted by Gasteiger charge is -2.07. The number of carbonyl (C=O) groups excluding carboxylic acids is 1. The van der Waals surface area contributed by atoms with E-state index >= 15 is 0 Å². The first-order valence-electron chi connectivity index (χ1n) is 7.29. The van der Waals surface area contributed by atoms with Crippen LogP contribution in [0, 0.1) is 5.82 Å². The van der Waals surface area contributed by atoms with Gasteiger partial charge in [-0.05, 0) is 25.1 Å². The molecule has 124 valence electrons. The largest absolute Gasteiger partial charge is 0.497 e. The Kier molecular flexibility index (Phi) is 5.70. The molecule has 0 aliphatic rings. The summed E-state index contributed by atoms with van der Waals surface area (Å²) in [4.78, 5) is 12.1. The third-order valence-corrected chi connectivity index (χ3v) is 3.36. The molecule has 0 saturated carbocycles. The lowest BCUT2D eigenvalue weighted by Crippen LogP contribution is -2.27. The summed E-state index contributed by atoms with van der Waals surface area (Å²) in [6, 6.07) is 6.17. The molecule has 7 heteroatoms. The third kappa shape index (κ3) is 3.87. The lowest BCUT2D eigenvalue weighted by molar-refractivity contribution is 0.0931. The van der Waals surface area contributed by atoms with Gasteiger partial charge in [-0.1, -0.05) is 0 Å². The minimum atomic E-state index is -0.426. The minimum absolute atomic E-state index is 0.244. The van der Waals surface area contributed by atoms with Gasteiger partial charge < -0.3 is 14.8 Å². The van der Waals surface area contributed by atoms with Gasteiger partial charge in [-0.2, -0.15) is 5.10 Å². The van der Waals surface area contributed by atoms with E-state index < -0.39 is 5.82 Å². The van der Waals surface area contributed by atoms with Crippen molar-refractivity contribution in [2.75, 3.05) is 27.4 Å². The van der Waals surface area contributed by atoms with Gasteiger partial charge in [-0.25, -0.2) is 4.39 Å². The van der Waals surface area contributed by atoms with E-state index in [4.69, 9.17) is 9.47 Å². The molecule has 0 atom stereocenters. The molecule has 0 radical (unpaired) electrons. The van der Waals surface area contributed by atoms with E-state index in [0.29, 0.717) is 36.7 Å². The number of nitrogens with zero attached hydrogens (tertiary/aromatic N) is 2. The summed E-state index contributed by atoms with van der Waals surface area (Å²) in [6.07, 6.45) is 0. The van der Waals surface area contributed by atoms with Crippen LogP contribution in [0.3, 0.4) is 0 Å². The first-order valence-corrected chi connectivity index (χ1v) is 7.29. The summed E-state index contributed by atoms with van der Waals surface area (Å²) in [5.41, 5.74) is 1.16. The van der Waals surface area contributed by atoms with Gasteiger partial charge in [0.1, 0.15) is 11.6 Å². The Hall–Kier alpha value is -2.41. The van der Waals surface area contributed by atoms with Crippen LogP contribution in [0.2, 0.25) is 0 Å². The summed E-state index contributed by atoms with van der Waals surface area (Å²) < 4.78 is 25.7. The second-order valence-electron chi connectivity index (χ2n) is 4.83. The highest BCUT2D eigenvalue weighted by Gasteiger charge is 2.17. The quantitative estimate of drug-likeness (QED) is 0.793. The molecule has 1 N–H and O–H groups in total. The van der Waals surface area contributed by atoms with Crippen LogP contribution < -0.4 is 10.1 Å². The Bertz CT molecular complexity index is 685. The normalized spacial score (nSPS) is 10.6. The Balaban J connectivity index is 2.30. The average Bonchev–Trinajstić information content (AvgIpc) is 2.99. The molecular formula is C16H20FN3O3. The smallest absolute Gasteiger partial charge is 0.271 e. The van der Waals surface area contributed by atoms with E-state index in [1.807, 2.05) is 6.92 Å². The van der Waals surface area contributed by atoms with Crippen molar-refractivity contribution in [3.63, 3.8) is 0 Å².